The molecule has 1 aliphatic carbocycles. The van der Waals surface area contributed by atoms with E-state index in [1.165, 1.54) is 0 Å². The Hall–Kier alpha value is -5.10. The maximum absolute atomic E-state index is 15.1. The molecule has 0 bridgehead atoms. The number of fused-ring (bicyclic) bond motifs is 1. The van der Waals surface area contributed by atoms with E-state index in [1.54, 1.807) is 23.8 Å². The number of methoxy groups -OCH3 is 1. The van der Waals surface area contributed by atoms with Crippen molar-refractivity contribution in [3.8, 4) is 22.6 Å². The predicted octanol–water partition coefficient (Wildman–Crippen LogP) is 6.59. The highest BCUT2D eigenvalue weighted by atomic mass is 16.6. The van der Waals surface area contributed by atoms with Crippen LogP contribution in [0.25, 0.3) is 11.1 Å². The Labute approximate surface area is 317 Å². The molecule has 3 amide bonds. The van der Waals surface area contributed by atoms with Gasteiger partial charge in [0.2, 0.25) is 5.91 Å². The van der Waals surface area contributed by atoms with Crippen molar-refractivity contribution in [2.75, 3.05) is 63.0 Å². The van der Waals surface area contributed by atoms with E-state index < -0.39 is 23.6 Å². The minimum atomic E-state index is -0.682. The number of nitrogens with zero attached hydrogens (tertiary/aromatic N) is 3. The molecule has 0 N–H and O–H groups in total. The Kier molecular flexibility index (Phi) is 12.1. The quantitative estimate of drug-likeness (QED) is 0.141. The van der Waals surface area contributed by atoms with Crippen LogP contribution < -0.4 is 19.3 Å². The second kappa shape index (κ2) is 16.9. The normalized spacial score (nSPS) is 18.4. The van der Waals surface area contributed by atoms with Crippen molar-refractivity contribution in [1.29, 1.82) is 0 Å². The molecule has 2 aliphatic heterocycles. The Morgan fingerprint density at radius 3 is 2.44 bits per heavy atom. The highest BCUT2D eigenvalue weighted by Crippen LogP contribution is 2.43. The highest BCUT2D eigenvalue weighted by molar-refractivity contribution is 6.01. The first-order valence-electron chi connectivity index (χ1n) is 18.8. The molecule has 12 nitrogen and oxygen atoms in total. The van der Waals surface area contributed by atoms with Gasteiger partial charge in [0.05, 0.1) is 18.2 Å². The number of ether oxygens (including phenoxy) is 5. The molecule has 0 aromatic heterocycles. The van der Waals surface area contributed by atoms with Crippen LogP contribution in [0.1, 0.15) is 64.9 Å². The van der Waals surface area contributed by atoms with Crippen molar-refractivity contribution >= 4 is 35.3 Å². The third-order valence-corrected chi connectivity index (χ3v) is 9.79. The first-order chi connectivity index (χ1) is 26.0. The van der Waals surface area contributed by atoms with Gasteiger partial charge >= 0.3 is 12.1 Å². The number of carbonyl (C=O) groups is 4. The summed E-state index contributed by atoms with van der Waals surface area (Å²) in [5, 5.41) is 0. The van der Waals surface area contributed by atoms with Crippen molar-refractivity contribution in [2.45, 2.75) is 70.9 Å². The van der Waals surface area contributed by atoms with E-state index >= 15 is 4.79 Å². The Morgan fingerprint density at radius 2 is 1.74 bits per heavy atom. The van der Waals surface area contributed by atoms with Crippen LogP contribution in [0.2, 0.25) is 0 Å². The monoisotopic (exact) mass is 741 g/mol. The van der Waals surface area contributed by atoms with Gasteiger partial charge in [-0.3, -0.25) is 9.59 Å². The van der Waals surface area contributed by atoms with Crippen LogP contribution >= 0.6 is 0 Å². The first-order valence-corrected chi connectivity index (χ1v) is 18.8. The third-order valence-electron chi connectivity index (χ3n) is 9.79. The lowest BCUT2D eigenvalue weighted by Gasteiger charge is -2.41. The molecule has 1 saturated heterocycles. The summed E-state index contributed by atoms with van der Waals surface area (Å²) in [5.74, 6) is -0.227. The fourth-order valence-electron chi connectivity index (χ4n) is 7.11. The number of hydrogen-bond donors (Lipinski definition) is 0. The molecule has 0 radical (unpaired) electrons. The molecule has 0 unspecified atom stereocenters. The number of rotatable bonds is 13. The zero-order valence-electron chi connectivity index (χ0n) is 31.9. The lowest BCUT2D eigenvalue weighted by Crippen LogP contribution is -2.51. The largest absolute Gasteiger partial charge is 0.482 e. The average Bonchev–Trinajstić information content (AvgIpc) is 4.00. The number of hydrogen-bond acceptors (Lipinski definition) is 9. The Morgan fingerprint density at radius 1 is 0.963 bits per heavy atom. The molecule has 6 rings (SSSR count). The minimum Gasteiger partial charge on any atom is -0.482 e. The van der Waals surface area contributed by atoms with E-state index in [4.69, 9.17) is 23.7 Å². The van der Waals surface area contributed by atoms with E-state index in [2.05, 4.69) is 12.1 Å². The van der Waals surface area contributed by atoms with Gasteiger partial charge in [0.25, 0.3) is 5.91 Å². The van der Waals surface area contributed by atoms with Crippen molar-refractivity contribution < 1.29 is 42.9 Å². The van der Waals surface area contributed by atoms with Crippen LogP contribution in [0.4, 0.5) is 16.2 Å². The van der Waals surface area contributed by atoms with Gasteiger partial charge in [-0.2, -0.15) is 0 Å². The van der Waals surface area contributed by atoms with Crippen LogP contribution in [-0.4, -0.2) is 93.6 Å². The third kappa shape index (κ3) is 9.33. The van der Waals surface area contributed by atoms with Gasteiger partial charge < -0.3 is 38.4 Å². The topological polar surface area (TPSA) is 124 Å². The van der Waals surface area contributed by atoms with Gasteiger partial charge in [-0.15, -0.1) is 0 Å². The maximum atomic E-state index is 15.1. The number of likely N-dealkylation sites (tertiary alicyclic amines) is 1. The number of carbonyl (C=O) groups excluding carboxylic acids is 4. The minimum absolute atomic E-state index is 0.00570. The second-order valence-corrected chi connectivity index (χ2v) is 14.9. The standard InChI is InChI=1S/C42H51N3O9/c1-6-51-39(47)27-52-33-16-11-28(12-17-33)29-9-7-10-30(23-29)34-19-21-43(41(49)54-42(2,3)4)25-35(34)40(48)45(31-13-14-31)32-15-18-37-36(24-32)44(20-8-22-50-5)38(46)26-53-37/h7,9-12,15-18,23-24,31,34-35H,6,8,13-14,19-22,25-27H2,1-5H3/t34-,35+/m1/s1. The number of anilines is 2. The van der Waals surface area contributed by atoms with Crippen LogP contribution in [0, 0.1) is 5.92 Å². The number of benzene rings is 3. The predicted molar refractivity (Wildman–Crippen MR) is 204 cm³/mol. The van der Waals surface area contributed by atoms with E-state index in [9.17, 15) is 14.4 Å². The van der Waals surface area contributed by atoms with Gasteiger partial charge in [-0.1, -0.05) is 36.4 Å². The first kappa shape index (κ1) is 38.6. The van der Waals surface area contributed by atoms with Gasteiger partial charge in [0.15, 0.2) is 13.2 Å². The zero-order chi connectivity index (χ0) is 38.4. The second-order valence-electron chi connectivity index (χ2n) is 14.9. The van der Waals surface area contributed by atoms with Gasteiger partial charge in [-0.05, 0) is 106 Å². The van der Waals surface area contributed by atoms with E-state index in [1.807, 2.05) is 80.3 Å². The molecule has 12 heteroatoms. The summed E-state index contributed by atoms with van der Waals surface area (Å²) in [4.78, 5) is 58.5. The number of esters is 1. The molecule has 2 fully saturated rings. The smallest absolute Gasteiger partial charge is 0.410 e. The Balaban J connectivity index is 1.30. The summed E-state index contributed by atoms with van der Waals surface area (Å²) in [5.41, 5.74) is 3.58. The van der Waals surface area contributed by atoms with Gasteiger partial charge in [-0.25, -0.2) is 9.59 Å². The number of amides is 3. The van der Waals surface area contributed by atoms with Crippen molar-refractivity contribution in [3.05, 3.63) is 72.3 Å². The van der Waals surface area contributed by atoms with Crippen LogP contribution in [0.5, 0.6) is 11.5 Å². The number of piperidine rings is 1. The summed E-state index contributed by atoms with van der Waals surface area (Å²) in [6, 6.07) is 21.3. The fraction of sp³-hybridized carbons (Fsp3) is 0.476. The van der Waals surface area contributed by atoms with Crippen molar-refractivity contribution in [2.24, 2.45) is 5.92 Å². The van der Waals surface area contributed by atoms with Crippen LogP contribution in [0.15, 0.2) is 66.7 Å². The van der Waals surface area contributed by atoms with Crippen molar-refractivity contribution in [1.82, 2.24) is 4.90 Å². The maximum Gasteiger partial charge on any atom is 0.410 e. The van der Waals surface area contributed by atoms with Crippen LogP contribution in [0.3, 0.4) is 0 Å². The van der Waals surface area contributed by atoms with E-state index in [0.29, 0.717) is 62.0 Å². The fourth-order valence-corrected chi connectivity index (χ4v) is 7.11. The summed E-state index contributed by atoms with van der Waals surface area (Å²) in [6.07, 6.45) is 2.51. The lowest BCUT2D eigenvalue weighted by molar-refractivity contribution is -0.145. The molecule has 288 valence electrons. The average molecular weight is 742 g/mol. The molecule has 3 aliphatic rings. The zero-order valence-corrected chi connectivity index (χ0v) is 31.9. The lowest BCUT2D eigenvalue weighted by atomic mass is 9.78. The molecule has 3 aromatic carbocycles. The van der Waals surface area contributed by atoms with E-state index in [0.717, 1.165) is 29.5 Å². The summed E-state index contributed by atoms with van der Waals surface area (Å²) in [7, 11) is 1.63. The Bertz CT molecular complexity index is 1820. The molecular formula is C42H51N3O9. The molecular weight excluding hydrogens is 690 g/mol. The van der Waals surface area contributed by atoms with E-state index in [-0.39, 0.29) is 43.5 Å². The molecule has 1 saturated carbocycles. The highest BCUT2D eigenvalue weighted by Gasteiger charge is 2.44. The van der Waals surface area contributed by atoms with Gasteiger partial charge in [0, 0.05) is 45.1 Å². The molecule has 2 heterocycles. The molecule has 54 heavy (non-hydrogen) atoms. The summed E-state index contributed by atoms with van der Waals surface area (Å²) < 4.78 is 27.3. The van der Waals surface area contributed by atoms with Gasteiger partial charge in [0.1, 0.15) is 17.1 Å². The molecule has 0 spiro atoms. The SMILES string of the molecule is CCOC(=O)COc1ccc(-c2cccc([C@H]3CCN(C(=O)OC(C)(C)C)C[C@@H]3C(=O)N(c3ccc4c(c3)N(CCCOC)C(=O)CO4)C3CC3)c2)cc1. The van der Waals surface area contributed by atoms with Crippen LogP contribution in [-0.2, 0) is 28.6 Å². The molecule has 3 aromatic rings. The van der Waals surface area contributed by atoms with Crippen molar-refractivity contribution in [3.63, 3.8) is 0 Å². The summed E-state index contributed by atoms with van der Waals surface area (Å²) >= 11 is 0. The summed E-state index contributed by atoms with van der Waals surface area (Å²) in [6.45, 7) is 8.98. The molecule has 2 atom stereocenters.